The lowest BCUT2D eigenvalue weighted by atomic mass is 10.1. The minimum Gasteiger partial charge on any atom is -0.492 e. The Labute approximate surface area is 127 Å². The minimum atomic E-state index is 0.535. The molecular weight excluding hydrogens is 288 g/mol. The van der Waals surface area contributed by atoms with Gasteiger partial charge in [-0.15, -0.1) is 0 Å². The Balaban J connectivity index is 1.74. The molecule has 0 aliphatic carbocycles. The van der Waals surface area contributed by atoms with Crippen LogP contribution in [0.5, 0.6) is 5.75 Å². The van der Waals surface area contributed by atoms with Crippen LogP contribution in [0.15, 0.2) is 48.9 Å². The van der Waals surface area contributed by atoms with Gasteiger partial charge >= 0.3 is 0 Å². The molecule has 5 nitrogen and oxygen atoms in total. The summed E-state index contributed by atoms with van der Waals surface area (Å²) in [4.78, 5) is 0. The van der Waals surface area contributed by atoms with Crippen molar-refractivity contribution in [3.05, 3.63) is 53.9 Å². The lowest BCUT2D eigenvalue weighted by Gasteiger charge is -2.09. The summed E-state index contributed by atoms with van der Waals surface area (Å²) in [6.07, 6.45) is 5.41. The molecule has 0 radical (unpaired) electrons. The van der Waals surface area contributed by atoms with Crippen molar-refractivity contribution in [1.29, 1.82) is 0 Å². The minimum absolute atomic E-state index is 0.535. The molecule has 0 bridgehead atoms. The number of nitrogens with zero attached hydrogens (tertiary/aromatic N) is 4. The van der Waals surface area contributed by atoms with Crippen molar-refractivity contribution in [2.75, 3.05) is 6.61 Å². The summed E-state index contributed by atoms with van der Waals surface area (Å²) < 4.78 is 9.39. The summed E-state index contributed by atoms with van der Waals surface area (Å²) in [5, 5.41) is 8.94. The number of hydrogen-bond acceptors (Lipinski definition) is 3. The molecule has 0 atom stereocenters. The molecule has 0 saturated carbocycles. The molecule has 0 saturated heterocycles. The number of rotatable bonds is 5. The molecule has 0 aliphatic heterocycles. The van der Waals surface area contributed by atoms with Gasteiger partial charge in [-0.2, -0.15) is 10.2 Å². The first-order valence-electron chi connectivity index (χ1n) is 6.61. The van der Waals surface area contributed by atoms with Gasteiger partial charge in [0.15, 0.2) is 0 Å². The lowest BCUT2D eigenvalue weighted by molar-refractivity contribution is 0.291. The van der Waals surface area contributed by atoms with Gasteiger partial charge in [0.05, 0.1) is 12.2 Å². The maximum absolute atomic E-state index is 6.17. The number of aromatic nitrogens is 4. The van der Waals surface area contributed by atoms with Gasteiger partial charge < -0.3 is 4.74 Å². The average molecular weight is 303 g/mol. The van der Waals surface area contributed by atoms with Gasteiger partial charge in [0.1, 0.15) is 12.4 Å². The highest BCUT2D eigenvalue weighted by atomic mass is 35.5. The van der Waals surface area contributed by atoms with Crippen LogP contribution in [-0.2, 0) is 13.6 Å². The fraction of sp³-hybridized carbons (Fsp3) is 0.200. The SMILES string of the molecule is Cn1nccc1-c1cc(Cl)cc(OCCn2cccn2)c1. The zero-order chi connectivity index (χ0) is 14.7. The van der Waals surface area contributed by atoms with Gasteiger partial charge in [-0.3, -0.25) is 9.36 Å². The Bertz CT molecular complexity index is 721. The van der Waals surface area contributed by atoms with Gasteiger partial charge in [-0.05, 0) is 30.3 Å². The van der Waals surface area contributed by atoms with Gasteiger partial charge in [0, 0.05) is 36.2 Å². The molecule has 0 unspecified atom stereocenters. The highest BCUT2D eigenvalue weighted by molar-refractivity contribution is 6.31. The van der Waals surface area contributed by atoms with Gasteiger partial charge in [-0.25, -0.2) is 0 Å². The second-order valence-electron chi connectivity index (χ2n) is 4.63. The predicted molar refractivity (Wildman–Crippen MR) is 81.4 cm³/mol. The lowest BCUT2D eigenvalue weighted by Crippen LogP contribution is -2.08. The number of hydrogen-bond donors (Lipinski definition) is 0. The summed E-state index contributed by atoms with van der Waals surface area (Å²) in [5.74, 6) is 0.742. The maximum atomic E-state index is 6.17. The van der Waals surface area contributed by atoms with E-state index >= 15 is 0 Å². The van der Waals surface area contributed by atoms with Crippen LogP contribution in [0.25, 0.3) is 11.3 Å². The number of benzene rings is 1. The Morgan fingerprint density at radius 2 is 2.10 bits per heavy atom. The number of aryl methyl sites for hydroxylation is 1. The molecule has 0 spiro atoms. The largest absolute Gasteiger partial charge is 0.492 e. The highest BCUT2D eigenvalue weighted by Gasteiger charge is 2.06. The van der Waals surface area contributed by atoms with E-state index in [0.29, 0.717) is 18.2 Å². The van der Waals surface area contributed by atoms with Crippen LogP contribution < -0.4 is 4.74 Å². The number of ether oxygens (including phenoxy) is 1. The zero-order valence-electron chi connectivity index (χ0n) is 11.6. The van der Waals surface area contributed by atoms with E-state index < -0.39 is 0 Å². The van der Waals surface area contributed by atoms with Crippen molar-refractivity contribution < 1.29 is 4.74 Å². The molecule has 0 N–H and O–H groups in total. The molecule has 2 aromatic heterocycles. The van der Waals surface area contributed by atoms with Gasteiger partial charge in [0.2, 0.25) is 0 Å². The Morgan fingerprint density at radius 1 is 1.19 bits per heavy atom. The van der Waals surface area contributed by atoms with E-state index in [1.807, 2.05) is 48.3 Å². The van der Waals surface area contributed by atoms with E-state index in [9.17, 15) is 0 Å². The van der Waals surface area contributed by atoms with Crippen LogP contribution in [0.1, 0.15) is 0 Å². The van der Waals surface area contributed by atoms with Gasteiger partial charge in [0.25, 0.3) is 0 Å². The smallest absolute Gasteiger partial charge is 0.121 e. The zero-order valence-corrected chi connectivity index (χ0v) is 12.4. The first-order chi connectivity index (χ1) is 10.2. The maximum Gasteiger partial charge on any atom is 0.121 e. The van der Waals surface area contributed by atoms with Crippen LogP contribution in [0.3, 0.4) is 0 Å². The molecule has 3 rings (SSSR count). The van der Waals surface area contributed by atoms with Crippen molar-refractivity contribution in [3.8, 4) is 17.0 Å². The molecule has 3 aromatic rings. The monoisotopic (exact) mass is 302 g/mol. The first-order valence-corrected chi connectivity index (χ1v) is 6.99. The summed E-state index contributed by atoms with van der Waals surface area (Å²) in [5.41, 5.74) is 1.98. The van der Waals surface area contributed by atoms with Crippen molar-refractivity contribution >= 4 is 11.6 Å². The third-order valence-electron chi connectivity index (χ3n) is 3.14. The summed E-state index contributed by atoms with van der Waals surface area (Å²) >= 11 is 6.17. The third-order valence-corrected chi connectivity index (χ3v) is 3.35. The Morgan fingerprint density at radius 3 is 2.81 bits per heavy atom. The third kappa shape index (κ3) is 3.25. The molecule has 1 aromatic carbocycles. The van der Waals surface area contributed by atoms with E-state index in [0.717, 1.165) is 17.0 Å². The Kier molecular flexibility index (Phi) is 3.92. The Hall–Kier alpha value is -2.27. The fourth-order valence-electron chi connectivity index (χ4n) is 2.14. The molecule has 108 valence electrons. The molecule has 0 fully saturated rings. The van der Waals surface area contributed by atoms with Crippen LogP contribution >= 0.6 is 11.6 Å². The molecule has 6 heteroatoms. The van der Waals surface area contributed by atoms with E-state index in [1.165, 1.54) is 0 Å². The quantitative estimate of drug-likeness (QED) is 0.728. The summed E-state index contributed by atoms with van der Waals surface area (Å²) in [6, 6.07) is 9.51. The predicted octanol–water partition coefficient (Wildman–Crippen LogP) is 3.02. The molecule has 21 heavy (non-hydrogen) atoms. The molecular formula is C15H15ClN4O. The van der Waals surface area contributed by atoms with Crippen LogP contribution in [0.4, 0.5) is 0 Å². The number of halogens is 1. The van der Waals surface area contributed by atoms with E-state index in [-0.39, 0.29) is 0 Å². The highest BCUT2D eigenvalue weighted by Crippen LogP contribution is 2.28. The molecule has 2 heterocycles. The van der Waals surface area contributed by atoms with E-state index in [2.05, 4.69) is 10.2 Å². The second kappa shape index (κ2) is 6.01. The van der Waals surface area contributed by atoms with Crippen molar-refractivity contribution in [2.24, 2.45) is 7.05 Å². The summed E-state index contributed by atoms with van der Waals surface area (Å²) in [7, 11) is 1.90. The standard InChI is InChI=1S/C15H15ClN4O/c1-19-15(3-5-17-19)12-9-13(16)11-14(10-12)21-8-7-20-6-2-4-18-20/h2-6,9-11H,7-8H2,1H3. The van der Waals surface area contributed by atoms with Crippen LogP contribution in [0.2, 0.25) is 5.02 Å². The first kappa shape index (κ1) is 13.7. The van der Waals surface area contributed by atoms with E-state index in [1.54, 1.807) is 17.1 Å². The van der Waals surface area contributed by atoms with Crippen molar-refractivity contribution in [3.63, 3.8) is 0 Å². The second-order valence-corrected chi connectivity index (χ2v) is 5.07. The normalized spacial score (nSPS) is 10.8. The van der Waals surface area contributed by atoms with E-state index in [4.69, 9.17) is 16.3 Å². The van der Waals surface area contributed by atoms with Crippen LogP contribution in [-0.4, -0.2) is 26.2 Å². The van der Waals surface area contributed by atoms with Crippen molar-refractivity contribution in [1.82, 2.24) is 19.6 Å². The average Bonchev–Trinajstić information content (AvgIpc) is 3.09. The molecule has 0 aliphatic rings. The van der Waals surface area contributed by atoms with Crippen molar-refractivity contribution in [2.45, 2.75) is 6.54 Å². The van der Waals surface area contributed by atoms with Gasteiger partial charge in [-0.1, -0.05) is 11.6 Å². The van der Waals surface area contributed by atoms with Crippen LogP contribution in [0, 0.1) is 0 Å². The molecule has 0 amide bonds. The summed E-state index contributed by atoms with van der Waals surface area (Å²) in [6.45, 7) is 1.23. The fourth-order valence-corrected chi connectivity index (χ4v) is 2.37. The topological polar surface area (TPSA) is 44.9 Å².